The van der Waals surface area contributed by atoms with Gasteiger partial charge in [0.15, 0.2) is 0 Å². The summed E-state index contributed by atoms with van der Waals surface area (Å²) in [6, 6.07) is 10.4. The lowest BCUT2D eigenvalue weighted by molar-refractivity contribution is -0.144. The molecule has 4 rings (SSSR count). The van der Waals surface area contributed by atoms with Crippen LogP contribution in [-0.4, -0.2) is 57.8 Å². The normalized spacial score (nSPS) is 22.3. The fraction of sp³-hybridized carbons (Fsp3) is 0.556. The molecule has 2 aromatic rings. The van der Waals surface area contributed by atoms with Crippen molar-refractivity contribution < 1.29 is 9.59 Å². The third kappa shape index (κ3) is 5.10. The maximum Gasteiger partial charge on any atom is 0.257 e. The fourth-order valence-corrected chi connectivity index (χ4v) is 5.55. The smallest absolute Gasteiger partial charge is 0.257 e. The first kappa shape index (κ1) is 23.4. The van der Waals surface area contributed by atoms with Crippen molar-refractivity contribution in [3.8, 4) is 0 Å². The van der Waals surface area contributed by atoms with Crippen molar-refractivity contribution in [2.45, 2.75) is 59.3 Å². The lowest BCUT2D eigenvalue weighted by Gasteiger charge is -2.43. The number of piperidine rings is 1. The molecule has 1 unspecified atom stereocenters. The van der Waals surface area contributed by atoms with E-state index < -0.39 is 0 Å². The van der Waals surface area contributed by atoms with E-state index in [9.17, 15) is 9.59 Å². The van der Waals surface area contributed by atoms with Gasteiger partial charge in [0.05, 0.1) is 11.3 Å². The highest BCUT2D eigenvalue weighted by Crippen LogP contribution is 2.42. The Morgan fingerprint density at radius 3 is 2.52 bits per heavy atom. The van der Waals surface area contributed by atoms with Crippen molar-refractivity contribution in [1.29, 1.82) is 0 Å². The van der Waals surface area contributed by atoms with E-state index in [0.717, 1.165) is 57.3 Å². The van der Waals surface area contributed by atoms with Crippen LogP contribution in [0.2, 0.25) is 0 Å². The van der Waals surface area contributed by atoms with Gasteiger partial charge in [-0.25, -0.2) is 9.97 Å². The van der Waals surface area contributed by atoms with Gasteiger partial charge in [0.25, 0.3) is 5.91 Å². The molecule has 2 amide bonds. The van der Waals surface area contributed by atoms with E-state index in [2.05, 4.69) is 46.1 Å². The Morgan fingerprint density at radius 1 is 1.09 bits per heavy atom. The van der Waals surface area contributed by atoms with Gasteiger partial charge in [-0.15, -0.1) is 0 Å². The van der Waals surface area contributed by atoms with Crippen LogP contribution in [0.3, 0.4) is 0 Å². The summed E-state index contributed by atoms with van der Waals surface area (Å²) in [6.45, 7) is 8.88. The number of amides is 2. The number of carbonyl (C=O) groups excluding carboxylic acids is 2. The van der Waals surface area contributed by atoms with Gasteiger partial charge in [0.1, 0.15) is 5.82 Å². The van der Waals surface area contributed by atoms with Crippen molar-refractivity contribution in [1.82, 2.24) is 19.8 Å². The van der Waals surface area contributed by atoms with Gasteiger partial charge >= 0.3 is 0 Å². The fourth-order valence-electron chi connectivity index (χ4n) is 5.55. The lowest BCUT2D eigenvalue weighted by Crippen LogP contribution is -2.49. The maximum atomic E-state index is 13.7. The molecule has 33 heavy (non-hydrogen) atoms. The number of hydrogen-bond donors (Lipinski definition) is 0. The summed E-state index contributed by atoms with van der Waals surface area (Å²) < 4.78 is 0. The topological polar surface area (TPSA) is 66.4 Å². The van der Waals surface area contributed by atoms with Gasteiger partial charge in [-0.05, 0) is 57.4 Å². The van der Waals surface area contributed by atoms with Gasteiger partial charge in [0.2, 0.25) is 5.91 Å². The highest BCUT2D eigenvalue weighted by molar-refractivity contribution is 5.95. The van der Waals surface area contributed by atoms with Crippen molar-refractivity contribution in [2.24, 2.45) is 11.3 Å². The van der Waals surface area contributed by atoms with Crippen LogP contribution in [0.5, 0.6) is 0 Å². The van der Waals surface area contributed by atoms with Gasteiger partial charge in [-0.2, -0.15) is 0 Å². The number of aryl methyl sites for hydroxylation is 2. The second kappa shape index (κ2) is 10.0. The molecule has 2 aliphatic heterocycles. The first-order valence-corrected chi connectivity index (χ1v) is 12.3. The number of aromatic nitrogens is 2. The minimum atomic E-state index is -0.342. The summed E-state index contributed by atoms with van der Waals surface area (Å²) in [7, 11) is 0. The van der Waals surface area contributed by atoms with Crippen LogP contribution >= 0.6 is 0 Å². The predicted octanol–water partition coefficient (Wildman–Crippen LogP) is 4.21. The molecule has 1 atom stereocenters. The third-order valence-electron chi connectivity index (χ3n) is 7.68. The Labute approximate surface area is 197 Å². The minimum absolute atomic E-state index is 0.00721. The average Bonchev–Trinajstić information content (AvgIpc) is 2.97. The predicted molar refractivity (Wildman–Crippen MR) is 129 cm³/mol. The SMILES string of the molecule is Cc1ncc(C(=O)N2CCC(C3(C)CCCCN(CCc4ccccc4)C3=O)CC2)c(C)n1. The molecule has 0 N–H and O–H groups in total. The van der Waals surface area contributed by atoms with Crippen LogP contribution in [0, 0.1) is 25.2 Å². The molecule has 0 aliphatic carbocycles. The number of nitrogens with zero attached hydrogens (tertiary/aromatic N) is 4. The maximum absolute atomic E-state index is 13.7. The molecule has 2 fully saturated rings. The first-order chi connectivity index (χ1) is 15.9. The monoisotopic (exact) mass is 448 g/mol. The standard InChI is InChI=1S/C27H36N4O2/c1-20-24(19-28-21(2)29-20)25(32)30-17-12-23(13-18-30)27(3)14-7-8-15-31(26(27)33)16-11-22-9-5-4-6-10-22/h4-6,9-10,19,23H,7-8,11-18H2,1-3H3. The molecule has 176 valence electrons. The van der Waals surface area contributed by atoms with Crippen LogP contribution in [-0.2, 0) is 11.2 Å². The zero-order valence-electron chi connectivity index (χ0n) is 20.2. The van der Waals surface area contributed by atoms with Crippen LogP contribution in [0.4, 0.5) is 0 Å². The van der Waals surface area contributed by atoms with E-state index in [1.54, 1.807) is 6.20 Å². The molecule has 1 aromatic carbocycles. The molecular formula is C27H36N4O2. The van der Waals surface area contributed by atoms with Crippen LogP contribution in [0.15, 0.2) is 36.5 Å². The largest absolute Gasteiger partial charge is 0.342 e. The van der Waals surface area contributed by atoms with Crippen molar-refractivity contribution in [3.05, 3.63) is 59.2 Å². The molecule has 6 nitrogen and oxygen atoms in total. The van der Waals surface area contributed by atoms with Gasteiger partial charge in [0, 0.05) is 37.8 Å². The summed E-state index contributed by atoms with van der Waals surface area (Å²) in [6.07, 6.45) is 7.37. The Morgan fingerprint density at radius 2 is 1.82 bits per heavy atom. The van der Waals surface area contributed by atoms with E-state index in [1.807, 2.05) is 24.8 Å². The number of likely N-dealkylation sites (tertiary alicyclic amines) is 2. The molecule has 0 radical (unpaired) electrons. The van der Waals surface area contributed by atoms with Crippen LogP contribution in [0.25, 0.3) is 0 Å². The summed E-state index contributed by atoms with van der Waals surface area (Å²) in [5, 5.41) is 0. The second-order valence-corrected chi connectivity index (χ2v) is 9.89. The zero-order valence-corrected chi connectivity index (χ0v) is 20.2. The van der Waals surface area contributed by atoms with Gasteiger partial charge < -0.3 is 9.80 Å². The second-order valence-electron chi connectivity index (χ2n) is 9.89. The van der Waals surface area contributed by atoms with E-state index in [1.165, 1.54) is 5.56 Å². The number of rotatable bonds is 5. The Balaban J connectivity index is 1.40. The van der Waals surface area contributed by atoms with Gasteiger partial charge in [-0.1, -0.05) is 43.7 Å². The summed E-state index contributed by atoms with van der Waals surface area (Å²) in [4.78, 5) is 39.4. The number of hydrogen-bond acceptors (Lipinski definition) is 4. The molecule has 0 spiro atoms. The molecule has 6 heteroatoms. The molecule has 1 aromatic heterocycles. The Bertz CT molecular complexity index is 985. The average molecular weight is 449 g/mol. The minimum Gasteiger partial charge on any atom is -0.342 e. The first-order valence-electron chi connectivity index (χ1n) is 12.3. The van der Waals surface area contributed by atoms with E-state index in [-0.39, 0.29) is 11.3 Å². The van der Waals surface area contributed by atoms with Gasteiger partial charge in [-0.3, -0.25) is 9.59 Å². The number of carbonyl (C=O) groups is 2. The highest BCUT2D eigenvalue weighted by Gasteiger charge is 2.45. The Kier molecular flexibility index (Phi) is 7.11. The molecule has 2 aliphatic rings. The summed E-state index contributed by atoms with van der Waals surface area (Å²) in [5.74, 6) is 1.30. The van der Waals surface area contributed by atoms with Crippen LogP contribution in [0.1, 0.15) is 66.5 Å². The Hall–Kier alpha value is -2.76. The van der Waals surface area contributed by atoms with Crippen molar-refractivity contribution in [2.75, 3.05) is 26.2 Å². The van der Waals surface area contributed by atoms with E-state index in [0.29, 0.717) is 36.3 Å². The quantitative estimate of drug-likeness (QED) is 0.687. The third-order valence-corrected chi connectivity index (χ3v) is 7.68. The van der Waals surface area contributed by atoms with E-state index in [4.69, 9.17) is 0 Å². The molecule has 0 saturated carbocycles. The van der Waals surface area contributed by atoms with Crippen molar-refractivity contribution in [3.63, 3.8) is 0 Å². The van der Waals surface area contributed by atoms with E-state index >= 15 is 0 Å². The molecule has 3 heterocycles. The lowest BCUT2D eigenvalue weighted by atomic mass is 9.69. The molecular weight excluding hydrogens is 412 g/mol. The molecule has 2 saturated heterocycles. The summed E-state index contributed by atoms with van der Waals surface area (Å²) >= 11 is 0. The number of benzene rings is 1. The highest BCUT2D eigenvalue weighted by atomic mass is 16.2. The zero-order chi connectivity index (χ0) is 23.4. The van der Waals surface area contributed by atoms with Crippen molar-refractivity contribution >= 4 is 11.8 Å². The molecule has 0 bridgehead atoms. The van der Waals surface area contributed by atoms with Crippen LogP contribution < -0.4 is 0 Å². The summed E-state index contributed by atoms with van der Waals surface area (Å²) in [5.41, 5.74) is 2.25.